The molecule has 3 nitrogen and oxygen atoms in total. The van der Waals surface area contributed by atoms with Crippen LogP contribution in [-0.4, -0.2) is 10.2 Å². The molecule has 0 atom stereocenters. The molecule has 1 fully saturated rings. The minimum Gasteiger partial charge on any atom is -0.382 e. The maximum Gasteiger partial charge on any atom is 0.148 e. The number of rotatable bonds is 3. The molecule has 0 aromatic carbocycles. The van der Waals surface area contributed by atoms with Crippen LogP contribution in [0.4, 0.5) is 5.82 Å². The van der Waals surface area contributed by atoms with Gasteiger partial charge in [0.25, 0.3) is 0 Å². The van der Waals surface area contributed by atoms with Gasteiger partial charge in [-0.1, -0.05) is 6.92 Å². The first kappa shape index (κ1) is 8.60. The van der Waals surface area contributed by atoms with E-state index in [1.807, 2.05) is 6.92 Å². The summed E-state index contributed by atoms with van der Waals surface area (Å²) >= 11 is 0. The van der Waals surface area contributed by atoms with E-state index in [1.165, 1.54) is 25.0 Å². The van der Waals surface area contributed by atoms with E-state index in [4.69, 9.17) is 5.73 Å². The van der Waals surface area contributed by atoms with Gasteiger partial charge >= 0.3 is 0 Å². The number of nitrogens with two attached hydrogens (primary N) is 1. The van der Waals surface area contributed by atoms with Gasteiger partial charge in [0.05, 0.1) is 0 Å². The van der Waals surface area contributed by atoms with Crippen LogP contribution in [0.1, 0.15) is 37.4 Å². The molecule has 72 valence electrons. The van der Waals surface area contributed by atoms with Crippen LogP contribution < -0.4 is 5.73 Å². The zero-order valence-corrected chi connectivity index (χ0v) is 8.35. The zero-order valence-electron chi connectivity index (χ0n) is 8.35. The number of nitrogens with one attached hydrogen (secondary N) is 1. The van der Waals surface area contributed by atoms with E-state index in [2.05, 4.69) is 17.1 Å². The van der Waals surface area contributed by atoms with Gasteiger partial charge in [-0.05, 0) is 38.0 Å². The fraction of sp³-hybridized carbons (Fsp3) is 0.700. The van der Waals surface area contributed by atoms with Crippen molar-refractivity contribution in [2.75, 3.05) is 5.73 Å². The van der Waals surface area contributed by atoms with Crippen molar-refractivity contribution in [2.24, 2.45) is 5.41 Å². The van der Waals surface area contributed by atoms with Crippen LogP contribution in [0.3, 0.4) is 0 Å². The molecule has 0 unspecified atom stereocenters. The Kier molecular flexibility index (Phi) is 1.82. The first-order chi connectivity index (χ1) is 6.11. The molecule has 0 aliphatic heterocycles. The summed E-state index contributed by atoms with van der Waals surface area (Å²) in [5.41, 5.74) is 8.61. The number of anilines is 1. The SMILES string of the molecule is Cc1c(N)n[nH]c1CCC1(C)CC1. The molecular formula is C10H17N3. The van der Waals surface area contributed by atoms with Gasteiger partial charge in [0.2, 0.25) is 0 Å². The van der Waals surface area contributed by atoms with E-state index in [-0.39, 0.29) is 0 Å². The Morgan fingerprint density at radius 2 is 2.23 bits per heavy atom. The molecule has 0 amide bonds. The van der Waals surface area contributed by atoms with E-state index >= 15 is 0 Å². The van der Waals surface area contributed by atoms with E-state index in [0.29, 0.717) is 11.2 Å². The van der Waals surface area contributed by atoms with Crippen LogP contribution in [0.25, 0.3) is 0 Å². The van der Waals surface area contributed by atoms with Gasteiger partial charge in [-0.3, -0.25) is 5.10 Å². The van der Waals surface area contributed by atoms with Gasteiger partial charge in [0.1, 0.15) is 5.82 Å². The van der Waals surface area contributed by atoms with E-state index in [9.17, 15) is 0 Å². The Morgan fingerprint density at radius 3 is 2.69 bits per heavy atom. The van der Waals surface area contributed by atoms with Gasteiger partial charge in [-0.15, -0.1) is 0 Å². The normalized spacial score (nSPS) is 18.9. The molecule has 0 spiro atoms. The van der Waals surface area contributed by atoms with Crippen molar-refractivity contribution in [2.45, 2.75) is 39.5 Å². The predicted molar refractivity (Wildman–Crippen MR) is 53.4 cm³/mol. The molecule has 2 rings (SSSR count). The van der Waals surface area contributed by atoms with Crippen LogP contribution in [0.5, 0.6) is 0 Å². The van der Waals surface area contributed by atoms with E-state index in [1.54, 1.807) is 0 Å². The maximum absolute atomic E-state index is 5.65. The van der Waals surface area contributed by atoms with Crippen molar-refractivity contribution in [3.8, 4) is 0 Å². The molecule has 3 heteroatoms. The molecular weight excluding hydrogens is 162 g/mol. The van der Waals surface area contributed by atoms with Crippen molar-refractivity contribution < 1.29 is 0 Å². The number of nitrogen functional groups attached to an aromatic ring is 1. The number of hydrogen-bond donors (Lipinski definition) is 2. The minimum atomic E-state index is 0.617. The fourth-order valence-electron chi connectivity index (χ4n) is 1.58. The van der Waals surface area contributed by atoms with Crippen molar-refractivity contribution in [1.82, 2.24) is 10.2 Å². The first-order valence-electron chi connectivity index (χ1n) is 4.90. The summed E-state index contributed by atoms with van der Waals surface area (Å²) in [6.45, 7) is 4.38. The van der Waals surface area contributed by atoms with Gasteiger partial charge in [-0.25, -0.2) is 0 Å². The highest BCUT2D eigenvalue weighted by Crippen LogP contribution is 2.48. The highest BCUT2D eigenvalue weighted by Gasteiger charge is 2.36. The molecule has 1 aliphatic rings. The number of nitrogens with zero attached hydrogens (tertiary/aromatic N) is 1. The third-order valence-corrected chi connectivity index (χ3v) is 3.23. The summed E-state index contributed by atoms with van der Waals surface area (Å²) in [7, 11) is 0. The van der Waals surface area contributed by atoms with Crippen molar-refractivity contribution in [3.05, 3.63) is 11.3 Å². The number of H-pyrrole nitrogens is 1. The average Bonchev–Trinajstić information content (AvgIpc) is 2.75. The summed E-state index contributed by atoms with van der Waals surface area (Å²) in [6, 6.07) is 0. The minimum absolute atomic E-state index is 0.617. The Hall–Kier alpha value is -0.990. The Balaban J connectivity index is 1.97. The molecule has 13 heavy (non-hydrogen) atoms. The highest BCUT2D eigenvalue weighted by molar-refractivity contribution is 5.40. The first-order valence-corrected chi connectivity index (χ1v) is 4.90. The van der Waals surface area contributed by atoms with Crippen LogP contribution in [-0.2, 0) is 6.42 Å². The zero-order chi connectivity index (χ0) is 9.47. The molecule has 3 N–H and O–H groups in total. The van der Waals surface area contributed by atoms with Crippen molar-refractivity contribution in [1.29, 1.82) is 0 Å². The summed E-state index contributed by atoms with van der Waals surface area (Å²) in [5.74, 6) is 0.649. The van der Waals surface area contributed by atoms with Gasteiger partial charge in [0, 0.05) is 11.3 Å². The third kappa shape index (κ3) is 1.69. The molecule has 1 aromatic heterocycles. The number of aryl methyl sites for hydroxylation is 1. The second kappa shape index (κ2) is 2.76. The lowest BCUT2D eigenvalue weighted by atomic mass is 10.0. The molecule has 1 heterocycles. The van der Waals surface area contributed by atoms with Crippen molar-refractivity contribution in [3.63, 3.8) is 0 Å². The number of hydrogen-bond acceptors (Lipinski definition) is 2. The summed E-state index contributed by atoms with van der Waals surface area (Å²) in [6.07, 6.45) is 5.12. The molecule has 1 aliphatic carbocycles. The van der Waals surface area contributed by atoms with Crippen LogP contribution in [0.15, 0.2) is 0 Å². The number of aromatic amines is 1. The molecule has 0 bridgehead atoms. The lowest BCUT2D eigenvalue weighted by Crippen LogP contribution is -1.98. The summed E-state index contributed by atoms with van der Waals surface area (Å²) < 4.78 is 0. The number of aromatic nitrogens is 2. The topological polar surface area (TPSA) is 54.7 Å². The lowest BCUT2D eigenvalue weighted by molar-refractivity contribution is 0.514. The highest BCUT2D eigenvalue weighted by atomic mass is 15.2. The summed E-state index contributed by atoms with van der Waals surface area (Å²) in [4.78, 5) is 0. The molecule has 0 radical (unpaired) electrons. The van der Waals surface area contributed by atoms with Gasteiger partial charge < -0.3 is 5.73 Å². The van der Waals surface area contributed by atoms with Crippen LogP contribution in [0, 0.1) is 12.3 Å². The molecule has 1 aromatic rings. The Morgan fingerprint density at radius 1 is 1.54 bits per heavy atom. The standard InChI is InChI=1S/C10H17N3/c1-7-8(12-13-9(7)11)3-4-10(2)5-6-10/h3-6H2,1-2H3,(H3,11,12,13). The largest absolute Gasteiger partial charge is 0.382 e. The Bertz CT molecular complexity index is 310. The van der Waals surface area contributed by atoms with Crippen LogP contribution in [0.2, 0.25) is 0 Å². The average molecular weight is 179 g/mol. The maximum atomic E-state index is 5.65. The van der Waals surface area contributed by atoms with Gasteiger partial charge in [0.15, 0.2) is 0 Å². The quantitative estimate of drug-likeness (QED) is 0.746. The fourth-order valence-corrected chi connectivity index (χ4v) is 1.58. The molecule has 1 saturated carbocycles. The van der Waals surface area contributed by atoms with E-state index < -0.39 is 0 Å². The summed E-state index contributed by atoms with van der Waals surface area (Å²) in [5, 5.41) is 6.99. The second-order valence-corrected chi connectivity index (χ2v) is 4.52. The monoisotopic (exact) mass is 179 g/mol. The Labute approximate surface area is 78.7 Å². The van der Waals surface area contributed by atoms with Gasteiger partial charge in [-0.2, -0.15) is 5.10 Å². The van der Waals surface area contributed by atoms with E-state index in [0.717, 1.165) is 12.0 Å². The van der Waals surface area contributed by atoms with Crippen LogP contribution >= 0.6 is 0 Å². The molecule has 0 saturated heterocycles. The van der Waals surface area contributed by atoms with Crippen molar-refractivity contribution >= 4 is 5.82 Å². The predicted octanol–water partition coefficient (Wildman–Crippen LogP) is 2.03. The smallest absolute Gasteiger partial charge is 0.148 e. The third-order valence-electron chi connectivity index (χ3n) is 3.23. The second-order valence-electron chi connectivity index (χ2n) is 4.52. The lowest BCUT2D eigenvalue weighted by Gasteiger charge is -2.06.